The Morgan fingerprint density at radius 2 is 1.89 bits per heavy atom. The number of anilines is 2. The number of nitrogens with one attached hydrogen (secondary N) is 2. The van der Waals surface area contributed by atoms with Crippen molar-refractivity contribution in [3.63, 3.8) is 0 Å². The third kappa shape index (κ3) is 3.54. The number of thiazole rings is 1. The number of carbonyl (C=O) groups is 2. The van der Waals surface area contributed by atoms with Crippen LogP contribution in [-0.2, 0) is 0 Å². The van der Waals surface area contributed by atoms with Gasteiger partial charge in [-0.3, -0.25) is 9.69 Å². The first-order valence-corrected chi connectivity index (χ1v) is 9.43. The second-order valence-electron chi connectivity index (χ2n) is 6.18. The molecule has 2 aromatic carbocycles. The molecule has 3 amide bonds. The molecule has 0 radical (unpaired) electrons. The summed E-state index contributed by atoms with van der Waals surface area (Å²) in [6.07, 6.45) is 0. The van der Waals surface area contributed by atoms with Crippen LogP contribution < -0.4 is 15.5 Å². The summed E-state index contributed by atoms with van der Waals surface area (Å²) in [7, 11) is 0. The first kappa shape index (κ1) is 17.2. The highest BCUT2D eigenvalue weighted by Crippen LogP contribution is 2.28. The normalized spacial score (nSPS) is 13.5. The van der Waals surface area contributed by atoms with Gasteiger partial charge in [0.25, 0.3) is 5.91 Å². The van der Waals surface area contributed by atoms with Gasteiger partial charge in [-0.2, -0.15) is 0 Å². The molecule has 0 saturated carbocycles. The third-order valence-electron chi connectivity index (χ3n) is 4.32. The van der Waals surface area contributed by atoms with Crippen LogP contribution in [0.4, 0.5) is 16.2 Å². The Labute approximate surface area is 160 Å². The van der Waals surface area contributed by atoms with Gasteiger partial charge in [-0.05, 0) is 31.2 Å². The van der Waals surface area contributed by atoms with Crippen molar-refractivity contribution in [3.05, 3.63) is 65.2 Å². The number of urea groups is 1. The summed E-state index contributed by atoms with van der Waals surface area (Å²) in [4.78, 5) is 31.2. The average Bonchev–Trinajstić information content (AvgIpc) is 3.29. The van der Waals surface area contributed by atoms with E-state index < -0.39 is 0 Å². The second-order valence-corrected chi connectivity index (χ2v) is 7.18. The topological polar surface area (TPSA) is 74.3 Å². The highest BCUT2D eigenvalue weighted by atomic mass is 32.1. The summed E-state index contributed by atoms with van der Waals surface area (Å²) in [5.74, 6) is -0.182. The average molecular weight is 378 g/mol. The van der Waals surface area contributed by atoms with Gasteiger partial charge in [0, 0.05) is 30.0 Å². The lowest BCUT2D eigenvalue weighted by molar-refractivity contribution is 0.103. The smallest absolute Gasteiger partial charge is 0.321 e. The predicted octanol–water partition coefficient (Wildman–Crippen LogP) is 3.90. The second kappa shape index (κ2) is 7.20. The lowest BCUT2D eigenvalue weighted by Gasteiger charge is -2.14. The SMILES string of the molecule is Cc1nc(-c2ccccc2)sc1C(=O)Nc1ccc(N2CCNC2=O)cc1. The molecule has 6 nitrogen and oxygen atoms in total. The van der Waals surface area contributed by atoms with Gasteiger partial charge in [0.05, 0.1) is 5.69 Å². The molecule has 2 heterocycles. The molecule has 1 aromatic heterocycles. The van der Waals surface area contributed by atoms with Crippen molar-refractivity contribution in [1.29, 1.82) is 0 Å². The largest absolute Gasteiger partial charge is 0.336 e. The molecule has 4 rings (SSSR count). The maximum absolute atomic E-state index is 12.7. The predicted molar refractivity (Wildman–Crippen MR) is 107 cm³/mol. The van der Waals surface area contributed by atoms with E-state index in [9.17, 15) is 9.59 Å². The zero-order valence-electron chi connectivity index (χ0n) is 14.7. The fourth-order valence-corrected chi connectivity index (χ4v) is 3.91. The number of carbonyl (C=O) groups excluding carboxylic acids is 2. The quantitative estimate of drug-likeness (QED) is 0.723. The summed E-state index contributed by atoms with van der Waals surface area (Å²) in [6.45, 7) is 3.13. The summed E-state index contributed by atoms with van der Waals surface area (Å²) < 4.78 is 0. The van der Waals surface area contributed by atoms with Crippen LogP contribution >= 0.6 is 11.3 Å². The molecule has 1 aliphatic heterocycles. The van der Waals surface area contributed by atoms with E-state index in [4.69, 9.17) is 0 Å². The van der Waals surface area contributed by atoms with E-state index in [1.807, 2.05) is 49.4 Å². The highest BCUT2D eigenvalue weighted by molar-refractivity contribution is 7.17. The number of hydrogen-bond donors (Lipinski definition) is 2. The van der Waals surface area contributed by atoms with Crippen molar-refractivity contribution in [2.45, 2.75) is 6.92 Å². The lowest BCUT2D eigenvalue weighted by Crippen LogP contribution is -2.27. The van der Waals surface area contributed by atoms with Crippen LogP contribution in [0.5, 0.6) is 0 Å². The number of benzene rings is 2. The van der Waals surface area contributed by atoms with Crippen LogP contribution in [0.25, 0.3) is 10.6 Å². The van der Waals surface area contributed by atoms with Crippen molar-refractivity contribution in [2.75, 3.05) is 23.3 Å². The molecule has 1 aliphatic rings. The lowest BCUT2D eigenvalue weighted by atomic mass is 10.2. The molecule has 3 aromatic rings. The number of rotatable bonds is 4. The molecule has 0 atom stereocenters. The van der Waals surface area contributed by atoms with Gasteiger partial charge < -0.3 is 10.6 Å². The molecule has 7 heteroatoms. The molecule has 136 valence electrons. The Kier molecular flexibility index (Phi) is 4.60. The maximum atomic E-state index is 12.7. The van der Waals surface area contributed by atoms with Gasteiger partial charge in [-0.1, -0.05) is 30.3 Å². The molecular formula is C20H18N4O2S. The monoisotopic (exact) mass is 378 g/mol. The van der Waals surface area contributed by atoms with Crippen LogP contribution in [0.2, 0.25) is 0 Å². The Balaban J connectivity index is 1.49. The first-order chi connectivity index (χ1) is 13.1. The molecule has 2 N–H and O–H groups in total. The van der Waals surface area contributed by atoms with E-state index in [-0.39, 0.29) is 11.9 Å². The molecule has 0 unspecified atom stereocenters. The van der Waals surface area contributed by atoms with E-state index in [1.54, 1.807) is 17.0 Å². The molecule has 27 heavy (non-hydrogen) atoms. The summed E-state index contributed by atoms with van der Waals surface area (Å²) in [5.41, 5.74) is 3.19. The third-order valence-corrected chi connectivity index (χ3v) is 5.52. The van der Waals surface area contributed by atoms with E-state index in [0.717, 1.165) is 16.3 Å². The Morgan fingerprint density at radius 3 is 2.56 bits per heavy atom. The Hall–Kier alpha value is -3.19. The van der Waals surface area contributed by atoms with Gasteiger partial charge in [0.2, 0.25) is 0 Å². The minimum Gasteiger partial charge on any atom is -0.336 e. The number of aromatic nitrogens is 1. The molecular weight excluding hydrogens is 360 g/mol. The number of nitrogens with zero attached hydrogens (tertiary/aromatic N) is 2. The van der Waals surface area contributed by atoms with E-state index in [2.05, 4.69) is 15.6 Å². The minimum absolute atomic E-state index is 0.0967. The van der Waals surface area contributed by atoms with E-state index >= 15 is 0 Å². The van der Waals surface area contributed by atoms with E-state index in [1.165, 1.54) is 11.3 Å². The van der Waals surface area contributed by atoms with Crippen LogP contribution in [-0.4, -0.2) is 30.0 Å². The molecule has 0 aliphatic carbocycles. The van der Waals surface area contributed by atoms with Crippen molar-refractivity contribution < 1.29 is 9.59 Å². The minimum atomic E-state index is -0.182. The highest BCUT2D eigenvalue weighted by Gasteiger charge is 2.21. The summed E-state index contributed by atoms with van der Waals surface area (Å²) in [5, 5.41) is 6.50. The zero-order chi connectivity index (χ0) is 18.8. The van der Waals surface area contributed by atoms with Crippen LogP contribution in [0.1, 0.15) is 15.4 Å². The zero-order valence-corrected chi connectivity index (χ0v) is 15.5. The molecule has 1 saturated heterocycles. The van der Waals surface area contributed by atoms with Gasteiger partial charge in [0.15, 0.2) is 0 Å². The summed E-state index contributed by atoms with van der Waals surface area (Å²) >= 11 is 1.38. The maximum Gasteiger partial charge on any atom is 0.321 e. The standard InChI is InChI=1S/C20H18N4O2S/c1-13-17(27-19(22-13)14-5-3-2-4-6-14)18(25)23-15-7-9-16(10-8-15)24-12-11-21-20(24)26/h2-10H,11-12H2,1H3,(H,21,26)(H,23,25). The van der Waals surface area contributed by atoms with E-state index in [0.29, 0.717) is 29.3 Å². The Bertz CT molecular complexity index is 983. The van der Waals surface area contributed by atoms with Crippen molar-refractivity contribution >= 4 is 34.6 Å². The van der Waals surface area contributed by atoms with Crippen LogP contribution in [0.15, 0.2) is 54.6 Å². The number of amides is 3. The van der Waals surface area contributed by atoms with Gasteiger partial charge in [0.1, 0.15) is 9.88 Å². The molecule has 0 spiro atoms. The van der Waals surface area contributed by atoms with Gasteiger partial charge >= 0.3 is 6.03 Å². The van der Waals surface area contributed by atoms with Crippen molar-refractivity contribution in [3.8, 4) is 10.6 Å². The van der Waals surface area contributed by atoms with Crippen LogP contribution in [0, 0.1) is 6.92 Å². The molecule has 0 bridgehead atoms. The summed E-state index contributed by atoms with van der Waals surface area (Å²) in [6, 6.07) is 17.0. The van der Waals surface area contributed by atoms with Gasteiger partial charge in [-0.15, -0.1) is 11.3 Å². The number of aryl methyl sites for hydroxylation is 1. The fourth-order valence-electron chi connectivity index (χ4n) is 2.94. The fraction of sp³-hybridized carbons (Fsp3) is 0.150. The van der Waals surface area contributed by atoms with Crippen molar-refractivity contribution in [2.24, 2.45) is 0 Å². The van der Waals surface area contributed by atoms with Crippen molar-refractivity contribution in [1.82, 2.24) is 10.3 Å². The first-order valence-electron chi connectivity index (χ1n) is 8.61. The Morgan fingerprint density at radius 1 is 1.15 bits per heavy atom. The molecule has 1 fully saturated rings. The number of hydrogen-bond acceptors (Lipinski definition) is 4. The van der Waals surface area contributed by atoms with Gasteiger partial charge in [-0.25, -0.2) is 9.78 Å². The van der Waals surface area contributed by atoms with Crippen LogP contribution in [0.3, 0.4) is 0 Å².